The van der Waals surface area contributed by atoms with Crippen molar-refractivity contribution in [2.45, 2.75) is 25.7 Å². The van der Waals surface area contributed by atoms with E-state index < -0.39 is 5.41 Å². The van der Waals surface area contributed by atoms with E-state index in [0.29, 0.717) is 6.54 Å². The molecule has 0 aliphatic heterocycles. The predicted molar refractivity (Wildman–Crippen MR) is 106 cm³/mol. The number of fused-ring (bicyclic) bond motifs is 2. The van der Waals surface area contributed by atoms with Gasteiger partial charge in [-0.2, -0.15) is 0 Å². The van der Waals surface area contributed by atoms with E-state index in [4.69, 9.17) is 0 Å². The van der Waals surface area contributed by atoms with Gasteiger partial charge in [0.15, 0.2) is 0 Å². The summed E-state index contributed by atoms with van der Waals surface area (Å²) < 4.78 is 13.7. The number of benzene rings is 2. The summed E-state index contributed by atoms with van der Waals surface area (Å²) >= 11 is 0. The van der Waals surface area contributed by atoms with Gasteiger partial charge in [0, 0.05) is 40.7 Å². The molecular formula is C22H22FN3O. The Morgan fingerprint density at radius 1 is 1.04 bits per heavy atom. The van der Waals surface area contributed by atoms with Crippen LogP contribution in [0, 0.1) is 5.82 Å². The highest BCUT2D eigenvalue weighted by Gasteiger charge is 2.32. The molecule has 1 amide bonds. The number of aromatic nitrogens is 2. The van der Waals surface area contributed by atoms with Gasteiger partial charge >= 0.3 is 0 Å². The van der Waals surface area contributed by atoms with E-state index in [9.17, 15) is 9.18 Å². The monoisotopic (exact) mass is 363 g/mol. The summed E-state index contributed by atoms with van der Waals surface area (Å²) in [5.41, 5.74) is 3.12. The molecule has 138 valence electrons. The molecule has 2 aromatic heterocycles. The van der Waals surface area contributed by atoms with Gasteiger partial charge in [0.05, 0.1) is 5.41 Å². The Morgan fingerprint density at radius 2 is 1.78 bits per heavy atom. The first kappa shape index (κ1) is 17.3. The fourth-order valence-corrected chi connectivity index (χ4v) is 3.60. The molecule has 0 atom stereocenters. The molecule has 4 aromatic rings. The van der Waals surface area contributed by atoms with Crippen LogP contribution in [-0.2, 0) is 16.6 Å². The van der Waals surface area contributed by atoms with Crippen molar-refractivity contribution < 1.29 is 9.18 Å². The van der Waals surface area contributed by atoms with Crippen molar-refractivity contribution in [3.63, 3.8) is 0 Å². The molecule has 0 unspecified atom stereocenters. The summed E-state index contributed by atoms with van der Waals surface area (Å²) in [6.07, 6.45) is 4.53. The molecule has 0 saturated heterocycles. The summed E-state index contributed by atoms with van der Waals surface area (Å²) in [5.74, 6) is -0.383. The van der Waals surface area contributed by atoms with Gasteiger partial charge in [0.25, 0.3) is 0 Å². The highest BCUT2D eigenvalue weighted by Crippen LogP contribution is 2.31. The molecule has 27 heavy (non-hydrogen) atoms. The Kier molecular flexibility index (Phi) is 4.22. The molecule has 0 aliphatic carbocycles. The first-order valence-electron chi connectivity index (χ1n) is 9.07. The minimum Gasteiger partial charge on any atom is -0.361 e. The van der Waals surface area contributed by atoms with E-state index >= 15 is 0 Å². The van der Waals surface area contributed by atoms with Gasteiger partial charge in [-0.1, -0.05) is 18.2 Å². The summed E-state index contributed by atoms with van der Waals surface area (Å²) in [7, 11) is 0. The lowest BCUT2D eigenvalue weighted by Crippen LogP contribution is -2.40. The van der Waals surface area contributed by atoms with E-state index in [1.54, 1.807) is 12.3 Å². The molecule has 4 nitrogen and oxygen atoms in total. The zero-order valence-electron chi connectivity index (χ0n) is 15.4. The maximum absolute atomic E-state index is 13.7. The lowest BCUT2D eigenvalue weighted by molar-refractivity contribution is -0.125. The third-order valence-electron chi connectivity index (χ3n) is 5.24. The Balaban J connectivity index is 1.49. The lowest BCUT2D eigenvalue weighted by Gasteiger charge is -2.23. The van der Waals surface area contributed by atoms with Crippen LogP contribution in [0.2, 0.25) is 0 Å². The Hall–Kier alpha value is -3.08. The number of rotatable bonds is 5. The third-order valence-corrected chi connectivity index (χ3v) is 5.24. The topological polar surface area (TPSA) is 60.7 Å². The highest BCUT2D eigenvalue weighted by molar-refractivity contribution is 5.94. The zero-order chi connectivity index (χ0) is 19.0. The van der Waals surface area contributed by atoms with Gasteiger partial charge in [-0.3, -0.25) is 4.79 Å². The zero-order valence-corrected chi connectivity index (χ0v) is 15.4. The van der Waals surface area contributed by atoms with Crippen LogP contribution in [0.1, 0.15) is 25.0 Å². The van der Waals surface area contributed by atoms with Crippen LogP contribution in [0.3, 0.4) is 0 Å². The van der Waals surface area contributed by atoms with Gasteiger partial charge in [-0.15, -0.1) is 0 Å². The van der Waals surface area contributed by atoms with Crippen LogP contribution >= 0.6 is 0 Å². The maximum atomic E-state index is 13.7. The maximum Gasteiger partial charge on any atom is 0.230 e. The van der Waals surface area contributed by atoms with Crippen molar-refractivity contribution in [1.29, 1.82) is 0 Å². The van der Waals surface area contributed by atoms with E-state index in [0.717, 1.165) is 28.4 Å². The minimum absolute atomic E-state index is 0.0764. The van der Waals surface area contributed by atoms with Gasteiger partial charge in [-0.25, -0.2) is 4.39 Å². The number of H-pyrrole nitrogens is 2. The summed E-state index contributed by atoms with van der Waals surface area (Å²) in [6.45, 7) is 4.27. The van der Waals surface area contributed by atoms with Crippen molar-refractivity contribution in [1.82, 2.24) is 15.3 Å². The van der Waals surface area contributed by atoms with Crippen molar-refractivity contribution in [2.75, 3.05) is 6.54 Å². The van der Waals surface area contributed by atoms with Crippen LogP contribution in [0.4, 0.5) is 4.39 Å². The Labute approximate surface area is 156 Å². The molecule has 2 aromatic carbocycles. The third kappa shape index (κ3) is 3.10. The molecule has 5 heteroatoms. The summed E-state index contributed by atoms with van der Waals surface area (Å²) in [6, 6.07) is 12.7. The molecule has 0 fully saturated rings. The van der Waals surface area contributed by atoms with Crippen molar-refractivity contribution >= 4 is 27.7 Å². The molecule has 0 radical (unpaired) electrons. The van der Waals surface area contributed by atoms with Crippen LogP contribution in [0.5, 0.6) is 0 Å². The minimum atomic E-state index is -0.772. The van der Waals surface area contributed by atoms with Crippen LogP contribution in [0.25, 0.3) is 21.8 Å². The Morgan fingerprint density at radius 3 is 2.63 bits per heavy atom. The number of amides is 1. The van der Waals surface area contributed by atoms with Crippen molar-refractivity contribution in [3.8, 4) is 0 Å². The molecule has 4 rings (SSSR count). The molecule has 0 spiro atoms. The second-order valence-electron chi connectivity index (χ2n) is 7.38. The summed E-state index contributed by atoms with van der Waals surface area (Å²) in [5, 5.41) is 4.95. The van der Waals surface area contributed by atoms with E-state index in [-0.39, 0.29) is 11.7 Å². The standard InChI is InChI=1S/C22H22FN3O/c1-22(2,18-13-26-20-8-7-15(23)11-17(18)20)21(27)24-10-9-14-12-25-19-6-4-3-5-16(14)19/h3-8,11-13,25-26H,9-10H2,1-2H3,(H,24,27). The van der Waals surface area contributed by atoms with Gasteiger partial charge in [-0.05, 0) is 55.7 Å². The van der Waals surface area contributed by atoms with Crippen LogP contribution in [0.15, 0.2) is 54.9 Å². The molecule has 2 heterocycles. The molecule has 0 aliphatic rings. The van der Waals surface area contributed by atoms with Crippen molar-refractivity contribution in [2.24, 2.45) is 0 Å². The first-order chi connectivity index (χ1) is 13.0. The highest BCUT2D eigenvalue weighted by atomic mass is 19.1. The number of carbonyl (C=O) groups is 1. The SMILES string of the molecule is CC(C)(C(=O)NCCc1c[nH]c2ccccc12)c1c[nH]c2ccc(F)cc12. The quantitative estimate of drug-likeness (QED) is 0.483. The largest absolute Gasteiger partial charge is 0.361 e. The Bertz CT molecular complexity index is 1120. The van der Waals surface area contributed by atoms with Gasteiger partial charge in [0.2, 0.25) is 5.91 Å². The second kappa shape index (κ2) is 6.58. The number of para-hydroxylation sites is 1. The molecule has 0 saturated carbocycles. The fourth-order valence-electron chi connectivity index (χ4n) is 3.60. The summed E-state index contributed by atoms with van der Waals surface area (Å²) in [4.78, 5) is 19.2. The number of hydrogen-bond acceptors (Lipinski definition) is 1. The van der Waals surface area contributed by atoms with Crippen LogP contribution < -0.4 is 5.32 Å². The normalized spacial score (nSPS) is 12.0. The van der Waals surface area contributed by atoms with Gasteiger partial charge in [0.1, 0.15) is 5.82 Å². The fraction of sp³-hybridized carbons (Fsp3) is 0.227. The first-order valence-corrected chi connectivity index (χ1v) is 9.07. The number of halogens is 1. The average Bonchev–Trinajstić information content (AvgIpc) is 3.26. The smallest absolute Gasteiger partial charge is 0.230 e. The van der Waals surface area contributed by atoms with E-state index in [1.807, 2.05) is 38.2 Å². The lowest BCUT2D eigenvalue weighted by atomic mass is 9.83. The van der Waals surface area contributed by atoms with E-state index in [1.165, 1.54) is 23.1 Å². The van der Waals surface area contributed by atoms with Crippen LogP contribution in [-0.4, -0.2) is 22.4 Å². The number of hydrogen-bond donors (Lipinski definition) is 3. The average molecular weight is 363 g/mol. The molecule has 0 bridgehead atoms. The number of aromatic amines is 2. The molecular weight excluding hydrogens is 341 g/mol. The second-order valence-corrected chi connectivity index (χ2v) is 7.38. The number of carbonyl (C=O) groups excluding carboxylic acids is 1. The van der Waals surface area contributed by atoms with Gasteiger partial charge < -0.3 is 15.3 Å². The van der Waals surface area contributed by atoms with E-state index in [2.05, 4.69) is 21.4 Å². The number of nitrogens with one attached hydrogen (secondary N) is 3. The predicted octanol–water partition coefficient (Wildman–Crippen LogP) is 4.42. The molecule has 3 N–H and O–H groups in total. The van der Waals surface area contributed by atoms with Crippen molar-refractivity contribution in [3.05, 3.63) is 71.8 Å².